The SMILES string of the molecule is C=COC(=O)C(CC)CC. The number of hydrogen-bond acceptors (Lipinski definition) is 2. The van der Waals surface area contributed by atoms with Crippen molar-refractivity contribution in [2.24, 2.45) is 5.92 Å². The van der Waals surface area contributed by atoms with E-state index >= 15 is 0 Å². The van der Waals surface area contributed by atoms with Gasteiger partial charge in [-0.25, -0.2) is 0 Å². The summed E-state index contributed by atoms with van der Waals surface area (Å²) in [6.07, 6.45) is 2.85. The lowest BCUT2D eigenvalue weighted by Crippen LogP contribution is -2.13. The minimum absolute atomic E-state index is 0.0398. The van der Waals surface area contributed by atoms with Gasteiger partial charge in [0.2, 0.25) is 0 Å². The molecule has 0 saturated carbocycles. The summed E-state index contributed by atoms with van der Waals surface area (Å²) in [4.78, 5) is 10.9. The molecule has 0 atom stereocenters. The molecule has 0 unspecified atom stereocenters. The van der Waals surface area contributed by atoms with Crippen LogP contribution in [0.3, 0.4) is 0 Å². The molecule has 0 rings (SSSR count). The first-order chi connectivity index (χ1) is 4.76. The van der Waals surface area contributed by atoms with Gasteiger partial charge in [0.1, 0.15) is 0 Å². The Morgan fingerprint density at radius 1 is 1.60 bits per heavy atom. The monoisotopic (exact) mass is 142 g/mol. The van der Waals surface area contributed by atoms with Crippen molar-refractivity contribution in [1.82, 2.24) is 0 Å². The molecular weight excluding hydrogens is 128 g/mol. The number of carbonyl (C=O) groups is 1. The van der Waals surface area contributed by atoms with E-state index in [0.717, 1.165) is 12.8 Å². The predicted molar refractivity (Wildman–Crippen MR) is 40.4 cm³/mol. The zero-order valence-corrected chi connectivity index (χ0v) is 6.59. The fourth-order valence-corrected chi connectivity index (χ4v) is 0.800. The van der Waals surface area contributed by atoms with E-state index in [9.17, 15) is 4.79 Å². The molecule has 0 heterocycles. The largest absolute Gasteiger partial charge is 0.435 e. The van der Waals surface area contributed by atoms with E-state index < -0.39 is 0 Å². The first-order valence-electron chi connectivity index (χ1n) is 3.57. The van der Waals surface area contributed by atoms with Crippen LogP contribution in [-0.2, 0) is 9.53 Å². The van der Waals surface area contributed by atoms with Gasteiger partial charge in [-0.1, -0.05) is 20.4 Å². The third kappa shape index (κ3) is 2.67. The first kappa shape index (κ1) is 9.21. The average Bonchev–Trinajstić information content (AvgIpc) is 1.91. The van der Waals surface area contributed by atoms with Crippen molar-refractivity contribution < 1.29 is 9.53 Å². The maximum atomic E-state index is 10.9. The summed E-state index contributed by atoms with van der Waals surface area (Å²) in [5.74, 6) is -0.127. The van der Waals surface area contributed by atoms with Crippen LogP contribution >= 0.6 is 0 Å². The van der Waals surface area contributed by atoms with Crippen molar-refractivity contribution in [1.29, 1.82) is 0 Å². The van der Waals surface area contributed by atoms with Gasteiger partial charge in [0.05, 0.1) is 12.2 Å². The highest BCUT2D eigenvalue weighted by Crippen LogP contribution is 2.08. The summed E-state index contributed by atoms with van der Waals surface area (Å²) in [5, 5.41) is 0. The summed E-state index contributed by atoms with van der Waals surface area (Å²) < 4.78 is 4.61. The second-order valence-electron chi connectivity index (χ2n) is 2.12. The van der Waals surface area contributed by atoms with Crippen LogP contribution < -0.4 is 0 Å². The Morgan fingerprint density at radius 2 is 2.10 bits per heavy atom. The normalized spacial score (nSPS) is 9.50. The van der Waals surface area contributed by atoms with E-state index in [1.807, 2.05) is 13.8 Å². The number of rotatable bonds is 4. The van der Waals surface area contributed by atoms with Crippen LogP contribution in [-0.4, -0.2) is 5.97 Å². The Bertz CT molecular complexity index is 114. The van der Waals surface area contributed by atoms with Crippen LogP contribution in [0.1, 0.15) is 26.7 Å². The Kier molecular flexibility index (Phi) is 4.63. The van der Waals surface area contributed by atoms with Gasteiger partial charge >= 0.3 is 5.97 Å². The third-order valence-corrected chi connectivity index (χ3v) is 1.52. The molecule has 0 radical (unpaired) electrons. The lowest BCUT2D eigenvalue weighted by Gasteiger charge is -2.07. The van der Waals surface area contributed by atoms with Crippen LogP contribution in [0.2, 0.25) is 0 Å². The summed E-state index contributed by atoms with van der Waals surface area (Å²) in [6.45, 7) is 7.25. The van der Waals surface area contributed by atoms with Crippen molar-refractivity contribution >= 4 is 5.97 Å². The molecule has 0 spiro atoms. The van der Waals surface area contributed by atoms with Crippen molar-refractivity contribution in [3.05, 3.63) is 12.8 Å². The van der Waals surface area contributed by atoms with E-state index in [-0.39, 0.29) is 11.9 Å². The highest BCUT2D eigenvalue weighted by Gasteiger charge is 2.13. The molecule has 0 aromatic heterocycles. The molecule has 0 N–H and O–H groups in total. The van der Waals surface area contributed by atoms with E-state index in [1.165, 1.54) is 6.26 Å². The van der Waals surface area contributed by atoms with Gasteiger partial charge in [0.25, 0.3) is 0 Å². The lowest BCUT2D eigenvalue weighted by atomic mass is 10.0. The minimum Gasteiger partial charge on any atom is -0.435 e. The Labute approximate surface area is 61.9 Å². The molecular formula is C8H14O2. The lowest BCUT2D eigenvalue weighted by molar-refractivity contribution is -0.142. The highest BCUT2D eigenvalue weighted by atomic mass is 16.5. The smallest absolute Gasteiger partial charge is 0.313 e. The standard InChI is InChI=1S/C8H14O2/c1-4-7(5-2)8(9)10-6-3/h6-7H,3-5H2,1-2H3. The second-order valence-corrected chi connectivity index (χ2v) is 2.12. The number of carbonyl (C=O) groups excluding carboxylic acids is 1. The molecule has 0 saturated heterocycles. The predicted octanol–water partition coefficient (Wildman–Crippen LogP) is 2.11. The van der Waals surface area contributed by atoms with Crippen LogP contribution in [0.4, 0.5) is 0 Å². The summed E-state index contributed by atoms with van der Waals surface area (Å²) in [6, 6.07) is 0. The van der Waals surface area contributed by atoms with Crippen molar-refractivity contribution in [2.75, 3.05) is 0 Å². The fraction of sp³-hybridized carbons (Fsp3) is 0.625. The quantitative estimate of drug-likeness (QED) is 0.444. The van der Waals surface area contributed by atoms with E-state index in [0.29, 0.717) is 0 Å². The van der Waals surface area contributed by atoms with Crippen LogP contribution in [0, 0.1) is 5.92 Å². The number of hydrogen-bond donors (Lipinski definition) is 0. The van der Waals surface area contributed by atoms with E-state index in [1.54, 1.807) is 0 Å². The summed E-state index contributed by atoms with van der Waals surface area (Å²) >= 11 is 0. The molecule has 0 aromatic rings. The van der Waals surface area contributed by atoms with Gasteiger partial charge < -0.3 is 4.74 Å². The van der Waals surface area contributed by atoms with Gasteiger partial charge in [-0.15, -0.1) is 0 Å². The fourth-order valence-electron chi connectivity index (χ4n) is 0.800. The van der Waals surface area contributed by atoms with Crippen molar-refractivity contribution in [3.8, 4) is 0 Å². The molecule has 0 bridgehead atoms. The first-order valence-corrected chi connectivity index (χ1v) is 3.57. The Hall–Kier alpha value is -0.790. The van der Waals surface area contributed by atoms with Crippen molar-refractivity contribution in [3.63, 3.8) is 0 Å². The van der Waals surface area contributed by atoms with E-state index in [2.05, 4.69) is 11.3 Å². The zero-order chi connectivity index (χ0) is 7.98. The second kappa shape index (κ2) is 5.03. The summed E-state index contributed by atoms with van der Waals surface area (Å²) in [7, 11) is 0. The van der Waals surface area contributed by atoms with Gasteiger partial charge in [-0.2, -0.15) is 0 Å². The van der Waals surface area contributed by atoms with Gasteiger partial charge in [-0.05, 0) is 12.8 Å². The number of ether oxygens (including phenoxy) is 1. The topological polar surface area (TPSA) is 26.3 Å². The molecule has 0 amide bonds. The molecule has 10 heavy (non-hydrogen) atoms. The molecule has 0 aliphatic rings. The average molecular weight is 142 g/mol. The summed E-state index contributed by atoms with van der Waals surface area (Å²) in [5.41, 5.74) is 0. The highest BCUT2D eigenvalue weighted by molar-refractivity contribution is 5.72. The van der Waals surface area contributed by atoms with Crippen LogP contribution in [0.5, 0.6) is 0 Å². The van der Waals surface area contributed by atoms with Crippen LogP contribution in [0.15, 0.2) is 12.8 Å². The molecule has 0 aliphatic heterocycles. The molecule has 2 heteroatoms. The van der Waals surface area contributed by atoms with Crippen LogP contribution in [0.25, 0.3) is 0 Å². The Morgan fingerprint density at radius 3 is 2.40 bits per heavy atom. The maximum absolute atomic E-state index is 10.9. The molecule has 0 fully saturated rings. The third-order valence-electron chi connectivity index (χ3n) is 1.52. The molecule has 58 valence electrons. The molecule has 0 aliphatic carbocycles. The number of esters is 1. The van der Waals surface area contributed by atoms with Crippen molar-refractivity contribution in [2.45, 2.75) is 26.7 Å². The minimum atomic E-state index is -0.167. The Balaban J connectivity index is 3.76. The maximum Gasteiger partial charge on any atom is 0.313 e. The van der Waals surface area contributed by atoms with E-state index in [4.69, 9.17) is 0 Å². The zero-order valence-electron chi connectivity index (χ0n) is 6.59. The molecule has 2 nitrogen and oxygen atoms in total. The van der Waals surface area contributed by atoms with Gasteiger partial charge in [-0.3, -0.25) is 4.79 Å². The molecule has 0 aromatic carbocycles. The van der Waals surface area contributed by atoms with Gasteiger partial charge in [0.15, 0.2) is 0 Å². The van der Waals surface area contributed by atoms with Gasteiger partial charge in [0, 0.05) is 0 Å².